The zero-order valence-electron chi connectivity index (χ0n) is 14.0. The Hall–Kier alpha value is -3.15. The van der Waals surface area contributed by atoms with Crippen LogP contribution in [-0.2, 0) is 6.42 Å². The molecule has 0 saturated carbocycles. The lowest BCUT2D eigenvalue weighted by Crippen LogP contribution is -2.31. The van der Waals surface area contributed by atoms with Crippen LogP contribution in [-0.4, -0.2) is 10.9 Å². The average Bonchev–Trinajstić information content (AvgIpc) is 3.12. The smallest absolute Gasteiger partial charge is 0.255 e. The minimum absolute atomic E-state index is 0.0766. The molecule has 0 saturated heterocycles. The second-order valence-electron chi connectivity index (χ2n) is 6.25. The molecule has 26 heavy (non-hydrogen) atoms. The number of fused-ring (bicyclic) bond motifs is 1. The van der Waals surface area contributed by atoms with Gasteiger partial charge in [0.2, 0.25) is 0 Å². The molecule has 1 aliphatic carbocycles. The minimum Gasteiger partial charge on any atom is -0.469 e. The largest absolute Gasteiger partial charge is 0.469 e. The van der Waals surface area contributed by atoms with E-state index in [1.807, 2.05) is 6.07 Å². The fraction of sp³-hybridized carbons (Fsp3) is 0.200. The Labute approximate surface area is 150 Å². The fourth-order valence-corrected chi connectivity index (χ4v) is 3.26. The molecule has 1 amide bonds. The number of aryl methyl sites for hydroxylation is 1. The molecule has 1 atom stereocenters. The molecular weight excluding hydrogens is 333 g/mol. The number of aromatic nitrogens is 1. The van der Waals surface area contributed by atoms with Crippen molar-refractivity contribution in [2.75, 3.05) is 5.32 Å². The first kappa shape index (κ1) is 16.3. The zero-order chi connectivity index (χ0) is 17.9. The van der Waals surface area contributed by atoms with Crippen molar-refractivity contribution in [3.63, 3.8) is 0 Å². The average molecular weight is 351 g/mol. The van der Waals surface area contributed by atoms with Gasteiger partial charge < -0.3 is 15.1 Å². The van der Waals surface area contributed by atoms with Crippen molar-refractivity contribution < 1.29 is 13.6 Å². The Morgan fingerprint density at radius 3 is 3.04 bits per heavy atom. The third-order valence-corrected chi connectivity index (χ3v) is 4.50. The highest BCUT2D eigenvalue weighted by Crippen LogP contribution is 2.31. The molecule has 0 radical (unpaired) electrons. The summed E-state index contributed by atoms with van der Waals surface area (Å²) in [5.74, 6) is 0.743. The molecule has 0 bridgehead atoms. The highest BCUT2D eigenvalue weighted by molar-refractivity contribution is 5.99. The fourth-order valence-electron chi connectivity index (χ4n) is 3.26. The van der Waals surface area contributed by atoms with Crippen LogP contribution >= 0.6 is 0 Å². The number of benzene rings is 1. The van der Waals surface area contributed by atoms with Crippen LogP contribution in [0.4, 0.5) is 15.9 Å². The Morgan fingerprint density at radius 1 is 1.23 bits per heavy atom. The van der Waals surface area contributed by atoms with E-state index >= 15 is 0 Å². The van der Waals surface area contributed by atoms with Gasteiger partial charge >= 0.3 is 0 Å². The number of carbonyl (C=O) groups excluding carboxylic acids is 1. The third kappa shape index (κ3) is 3.31. The topological polar surface area (TPSA) is 67.2 Å². The summed E-state index contributed by atoms with van der Waals surface area (Å²) in [7, 11) is 0. The van der Waals surface area contributed by atoms with Gasteiger partial charge in [-0.25, -0.2) is 9.37 Å². The maximum Gasteiger partial charge on any atom is 0.255 e. The van der Waals surface area contributed by atoms with Crippen LogP contribution in [0.25, 0.3) is 0 Å². The second-order valence-corrected chi connectivity index (χ2v) is 6.25. The summed E-state index contributed by atoms with van der Waals surface area (Å²) >= 11 is 0. The Balaban J connectivity index is 1.56. The first-order chi connectivity index (χ1) is 12.7. The maximum atomic E-state index is 13.4. The molecule has 0 aliphatic heterocycles. The summed E-state index contributed by atoms with van der Waals surface area (Å²) in [6.07, 6.45) is 5.98. The van der Waals surface area contributed by atoms with Gasteiger partial charge in [-0.3, -0.25) is 4.79 Å². The van der Waals surface area contributed by atoms with Crippen molar-refractivity contribution >= 4 is 17.4 Å². The van der Waals surface area contributed by atoms with Crippen molar-refractivity contribution in [1.82, 2.24) is 10.3 Å². The van der Waals surface area contributed by atoms with Gasteiger partial charge in [0.15, 0.2) is 0 Å². The monoisotopic (exact) mass is 351 g/mol. The van der Waals surface area contributed by atoms with Gasteiger partial charge in [0.25, 0.3) is 5.91 Å². The molecular formula is C20H18FN3O2. The molecule has 2 heterocycles. The van der Waals surface area contributed by atoms with E-state index in [2.05, 4.69) is 15.6 Å². The van der Waals surface area contributed by atoms with E-state index in [4.69, 9.17) is 4.42 Å². The molecule has 3 aromatic rings. The van der Waals surface area contributed by atoms with Gasteiger partial charge in [-0.1, -0.05) is 6.07 Å². The normalized spacial score (nSPS) is 16.0. The Kier molecular flexibility index (Phi) is 4.39. The second kappa shape index (κ2) is 7.00. The molecule has 4 rings (SSSR count). The number of halogens is 1. The number of carbonyl (C=O) groups is 1. The van der Waals surface area contributed by atoms with Crippen molar-refractivity contribution in [3.8, 4) is 0 Å². The highest BCUT2D eigenvalue weighted by atomic mass is 19.1. The molecule has 1 unspecified atom stereocenters. The van der Waals surface area contributed by atoms with Crippen molar-refractivity contribution in [1.29, 1.82) is 0 Å². The number of anilines is 2. The van der Waals surface area contributed by atoms with Crippen molar-refractivity contribution in [3.05, 3.63) is 77.6 Å². The van der Waals surface area contributed by atoms with E-state index in [9.17, 15) is 9.18 Å². The molecule has 2 N–H and O–H groups in total. The van der Waals surface area contributed by atoms with Crippen LogP contribution in [0.5, 0.6) is 0 Å². The Bertz CT molecular complexity index is 938. The summed E-state index contributed by atoms with van der Waals surface area (Å²) in [5.41, 5.74) is 1.98. The molecule has 0 spiro atoms. The number of hydrogen-bond acceptors (Lipinski definition) is 4. The van der Waals surface area contributed by atoms with E-state index in [1.165, 1.54) is 12.1 Å². The van der Waals surface area contributed by atoms with E-state index in [0.717, 1.165) is 30.6 Å². The number of nitrogens with one attached hydrogen (secondary N) is 2. The first-order valence-corrected chi connectivity index (χ1v) is 8.55. The van der Waals surface area contributed by atoms with Crippen LogP contribution in [0.1, 0.15) is 40.6 Å². The van der Waals surface area contributed by atoms with Crippen LogP contribution in [0.2, 0.25) is 0 Å². The molecule has 0 fully saturated rings. The zero-order valence-corrected chi connectivity index (χ0v) is 14.0. The van der Waals surface area contributed by atoms with E-state index in [0.29, 0.717) is 17.1 Å². The van der Waals surface area contributed by atoms with E-state index in [1.54, 1.807) is 36.7 Å². The van der Waals surface area contributed by atoms with E-state index < -0.39 is 0 Å². The SMILES string of the molecule is O=C(NC1CCCc2occc21)c1cccnc1Nc1cccc(F)c1. The minimum atomic E-state index is -0.355. The van der Waals surface area contributed by atoms with Gasteiger partial charge in [0.1, 0.15) is 17.4 Å². The standard InChI is InChI=1S/C20H18FN3O2/c21-13-4-1-5-14(12-13)23-19-16(6-3-10-22-19)20(25)24-17-7-2-8-18-15(17)9-11-26-18/h1,3-6,9-12,17H,2,7-8H2,(H,22,23)(H,24,25). The van der Waals surface area contributed by atoms with Crippen LogP contribution in [0.3, 0.4) is 0 Å². The van der Waals surface area contributed by atoms with Gasteiger partial charge in [-0.15, -0.1) is 0 Å². The van der Waals surface area contributed by atoms with Crippen LogP contribution in [0.15, 0.2) is 59.3 Å². The number of furan rings is 1. The lowest BCUT2D eigenvalue weighted by Gasteiger charge is -2.23. The lowest BCUT2D eigenvalue weighted by molar-refractivity contribution is 0.0933. The molecule has 1 aliphatic rings. The van der Waals surface area contributed by atoms with Gasteiger partial charge in [0, 0.05) is 23.9 Å². The molecule has 2 aromatic heterocycles. The molecule has 5 nitrogen and oxygen atoms in total. The first-order valence-electron chi connectivity index (χ1n) is 8.55. The van der Waals surface area contributed by atoms with Crippen molar-refractivity contribution in [2.24, 2.45) is 0 Å². The summed E-state index contributed by atoms with van der Waals surface area (Å²) in [6.45, 7) is 0. The predicted molar refractivity (Wildman–Crippen MR) is 95.8 cm³/mol. The molecule has 1 aromatic carbocycles. The van der Waals surface area contributed by atoms with Gasteiger partial charge in [-0.2, -0.15) is 0 Å². The summed E-state index contributed by atoms with van der Waals surface area (Å²) in [4.78, 5) is 17.1. The highest BCUT2D eigenvalue weighted by Gasteiger charge is 2.25. The number of rotatable bonds is 4. The maximum absolute atomic E-state index is 13.4. The molecule has 6 heteroatoms. The summed E-state index contributed by atoms with van der Waals surface area (Å²) in [5, 5.41) is 6.08. The van der Waals surface area contributed by atoms with E-state index in [-0.39, 0.29) is 17.8 Å². The van der Waals surface area contributed by atoms with Gasteiger partial charge in [-0.05, 0) is 49.2 Å². The lowest BCUT2D eigenvalue weighted by atomic mass is 9.93. The number of hydrogen-bond donors (Lipinski definition) is 2. The summed E-state index contributed by atoms with van der Waals surface area (Å²) in [6, 6.07) is 11.3. The summed E-state index contributed by atoms with van der Waals surface area (Å²) < 4.78 is 18.9. The van der Waals surface area contributed by atoms with Gasteiger partial charge in [0.05, 0.1) is 17.9 Å². The predicted octanol–water partition coefficient (Wildman–Crippen LogP) is 4.36. The Morgan fingerprint density at radius 2 is 2.15 bits per heavy atom. The van der Waals surface area contributed by atoms with Crippen LogP contribution < -0.4 is 10.6 Å². The number of nitrogens with zero attached hydrogens (tertiary/aromatic N) is 1. The van der Waals surface area contributed by atoms with Crippen LogP contribution in [0, 0.1) is 5.82 Å². The third-order valence-electron chi connectivity index (χ3n) is 4.50. The number of pyridine rings is 1. The van der Waals surface area contributed by atoms with Crippen molar-refractivity contribution in [2.45, 2.75) is 25.3 Å². The molecule has 132 valence electrons. The number of amides is 1. The quantitative estimate of drug-likeness (QED) is 0.733.